The molecule has 1 heterocycles. The van der Waals surface area contributed by atoms with E-state index in [1.54, 1.807) is 25.2 Å². The van der Waals surface area contributed by atoms with Gasteiger partial charge >= 0.3 is 0 Å². The molecular formula is C13H13Cl2N3O2S. The molecule has 1 aromatic carbocycles. The van der Waals surface area contributed by atoms with E-state index in [1.165, 1.54) is 18.3 Å². The SMILES string of the molecule is CNCc1c(Cl)ccc(S(=O)(=O)Nc2ccccn2)c1Cl. The van der Waals surface area contributed by atoms with Crippen LogP contribution in [0.2, 0.25) is 10.0 Å². The maximum atomic E-state index is 12.4. The summed E-state index contributed by atoms with van der Waals surface area (Å²) in [5.41, 5.74) is 0.532. The Balaban J connectivity index is 2.43. The van der Waals surface area contributed by atoms with Gasteiger partial charge in [0, 0.05) is 23.3 Å². The molecule has 0 saturated heterocycles. The van der Waals surface area contributed by atoms with Crippen LogP contribution in [0.25, 0.3) is 0 Å². The minimum atomic E-state index is -3.83. The quantitative estimate of drug-likeness (QED) is 0.873. The van der Waals surface area contributed by atoms with E-state index >= 15 is 0 Å². The Morgan fingerprint density at radius 3 is 2.57 bits per heavy atom. The van der Waals surface area contributed by atoms with E-state index in [2.05, 4.69) is 15.0 Å². The molecule has 0 spiro atoms. The first-order valence-electron chi connectivity index (χ1n) is 6.01. The van der Waals surface area contributed by atoms with Gasteiger partial charge in [0.1, 0.15) is 10.7 Å². The smallest absolute Gasteiger partial charge is 0.264 e. The first-order chi connectivity index (χ1) is 9.95. The molecule has 112 valence electrons. The summed E-state index contributed by atoms with van der Waals surface area (Å²) in [6.45, 7) is 0.366. The predicted octanol–water partition coefficient (Wildman–Crippen LogP) is 2.91. The molecule has 0 unspecified atom stereocenters. The number of hydrogen-bond acceptors (Lipinski definition) is 4. The van der Waals surface area contributed by atoms with Crippen molar-refractivity contribution in [1.29, 1.82) is 0 Å². The van der Waals surface area contributed by atoms with E-state index in [-0.39, 0.29) is 15.7 Å². The molecule has 0 aliphatic rings. The van der Waals surface area contributed by atoms with Crippen molar-refractivity contribution < 1.29 is 8.42 Å². The molecule has 0 bridgehead atoms. The van der Waals surface area contributed by atoms with Crippen molar-refractivity contribution in [3.63, 3.8) is 0 Å². The van der Waals surface area contributed by atoms with E-state index in [0.29, 0.717) is 17.1 Å². The number of aromatic nitrogens is 1. The van der Waals surface area contributed by atoms with E-state index in [1.807, 2.05) is 0 Å². The molecule has 5 nitrogen and oxygen atoms in total. The second kappa shape index (κ2) is 6.62. The minimum Gasteiger partial charge on any atom is -0.316 e. The van der Waals surface area contributed by atoms with Crippen LogP contribution >= 0.6 is 23.2 Å². The summed E-state index contributed by atoms with van der Waals surface area (Å²) in [6, 6.07) is 7.80. The van der Waals surface area contributed by atoms with Crippen molar-refractivity contribution in [2.24, 2.45) is 0 Å². The summed E-state index contributed by atoms with van der Waals surface area (Å²) in [5.74, 6) is 0.221. The minimum absolute atomic E-state index is 0.0375. The lowest BCUT2D eigenvalue weighted by Gasteiger charge is -2.13. The topological polar surface area (TPSA) is 71.1 Å². The van der Waals surface area contributed by atoms with Gasteiger partial charge in [0.05, 0.1) is 5.02 Å². The van der Waals surface area contributed by atoms with E-state index in [0.717, 1.165) is 0 Å². The van der Waals surface area contributed by atoms with Crippen molar-refractivity contribution in [1.82, 2.24) is 10.3 Å². The summed E-state index contributed by atoms with van der Waals surface area (Å²) < 4.78 is 27.2. The molecule has 8 heteroatoms. The van der Waals surface area contributed by atoms with Gasteiger partial charge in [-0.1, -0.05) is 29.3 Å². The Bertz CT molecular complexity index is 737. The van der Waals surface area contributed by atoms with Crippen LogP contribution in [0, 0.1) is 0 Å². The highest BCUT2D eigenvalue weighted by atomic mass is 35.5. The standard InChI is InChI=1S/C13H13Cl2N3O2S/c1-16-8-9-10(14)5-6-11(13(9)15)21(19,20)18-12-4-2-3-7-17-12/h2-7,16H,8H2,1H3,(H,17,18). The number of benzene rings is 1. The largest absolute Gasteiger partial charge is 0.316 e. The molecule has 0 aliphatic carbocycles. The lowest BCUT2D eigenvalue weighted by molar-refractivity contribution is 0.601. The van der Waals surface area contributed by atoms with Crippen LogP contribution in [0.1, 0.15) is 5.56 Å². The Morgan fingerprint density at radius 1 is 1.19 bits per heavy atom. The van der Waals surface area contributed by atoms with Crippen molar-refractivity contribution in [3.05, 3.63) is 52.1 Å². The number of pyridine rings is 1. The number of nitrogens with zero attached hydrogens (tertiary/aromatic N) is 1. The molecular weight excluding hydrogens is 333 g/mol. The number of halogens is 2. The Hall–Kier alpha value is -1.34. The molecule has 0 amide bonds. The summed E-state index contributed by atoms with van der Waals surface area (Å²) in [7, 11) is -2.11. The molecule has 0 radical (unpaired) electrons. The number of hydrogen-bond donors (Lipinski definition) is 2. The fourth-order valence-electron chi connectivity index (χ4n) is 1.74. The average Bonchev–Trinajstić information content (AvgIpc) is 2.43. The Morgan fingerprint density at radius 2 is 1.95 bits per heavy atom. The zero-order valence-electron chi connectivity index (χ0n) is 11.1. The highest BCUT2D eigenvalue weighted by Gasteiger charge is 2.21. The van der Waals surface area contributed by atoms with Gasteiger partial charge in [-0.05, 0) is 31.3 Å². The highest BCUT2D eigenvalue weighted by Crippen LogP contribution is 2.31. The maximum absolute atomic E-state index is 12.4. The van der Waals surface area contributed by atoms with Gasteiger partial charge in [-0.2, -0.15) is 0 Å². The van der Waals surface area contributed by atoms with Crippen molar-refractivity contribution >= 4 is 39.0 Å². The predicted molar refractivity (Wildman–Crippen MR) is 84.3 cm³/mol. The fourth-order valence-corrected chi connectivity index (χ4v) is 3.66. The van der Waals surface area contributed by atoms with Gasteiger partial charge in [0.25, 0.3) is 10.0 Å². The molecule has 21 heavy (non-hydrogen) atoms. The third-order valence-corrected chi connectivity index (χ3v) is 4.99. The summed E-state index contributed by atoms with van der Waals surface area (Å²) in [4.78, 5) is 3.89. The normalized spacial score (nSPS) is 11.4. The van der Waals surface area contributed by atoms with Gasteiger partial charge in [0.2, 0.25) is 0 Å². The van der Waals surface area contributed by atoms with E-state index in [4.69, 9.17) is 23.2 Å². The van der Waals surface area contributed by atoms with Gasteiger partial charge in [0.15, 0.2) is 0 Å². The Kier molecular flexibility index (Phi) is 5.05. The van der Waals surface area contributed by atoms with Crippen LogP contribution in [-0.4, -0.2) is 20.4 Å². The van der Waals surface area contributed by atoms with Crippen LogP contribution in [0.3, 0.4) is 0 Å². The molecule has 1 aromatic heterocycles. The van der Waals surface area contributed by atoms with Crippen LogP contribution in [0.15, 0.2) is 41.4 Å². The lowest BCUT2D eigenvalue weighted by atomic mass is 10.2. The molecule has 0 aliphatic heterocycles. The molecule has 0 fully saturated rings. The fraction of sp³-hybridized carbons (Fsp3) is 0.154. The third kappa shape index (κ3) is 3.65. The number of rotatable bonds is 5. The van der Waals surface area contributed by atoms with Gasteiger partial charge in [-0.15, -0.1) is 0 Å². The second-order valence-electron chi connectivity index (χ2n) is 4.19. The van der Waals surface area contributed by atoms with Gasteiger partial charge in [-0.25, -0.2) is 13.4 Å². The summed E-state index contributed by atoms with van der Waals surface area (Å²) in [5, 5.41) is 3.40. The van der Waals surface area contributed by atoms with E-state index < -0.39 is 10.0 Å². The van der Waals surface area contributed by atoms with Crippen LogP contribution < -0.4 is 10.0 Å². The molecule has 2 aromatic rings. The van der Waals surface area contributed by atoms with E-state index in [9.17, 15) is 8.42 Å². The first kappa shape index (κ1) is 16.0. The highest BCUT2D eigenvalue weighted by molar-refractivity contribution is 7.92. The van der Waals surface area contributed by atoms with Gasteiger partial charge in [-0.3, -0.25) is 4.72 Å². The monoisotopic (exact) mass is 345 g/mol. The zero-order chi connectivity index (χ0) is 15.5. The van der Waals surface area contributed by atoms with Crippen LogP contribution in [0.4, 0.5) is 5.82 Å². The molecule has 0 atom stereocenters. The van der Waals surface area contributed by atoms with Crippen molar-refractivity contribution in [3.8, 4) is 0 Å². The molecule has 0 saturated carbocycles. The Labute approximate surface area is 133 Å². The first-order valence-corrected chi connectivity index (χ1v) is 8.25. The summed E-state index contributed by atoms with van der Waals surface area (Å²) in [6.07, 6.45) is 1.49. The summed E-state index contributed by atoms with van der Waals surface area (Å²) >= 11 is 12.2. The lowest BCUT2D eigenvalue weighted by Crippen LogP contribution is -2.16. The maximum Gasteiger partial charge on any atom is 0.264 e. The second-order valence-corrected chi connectivity index (χ2v) is 6.62. The number of anilines is 1. The molecule has 2 rings (SSSR count). The molecule has 2 N–H and O–H groups in total. The van der Waals surface area contributed by atoms with Crippen molar-refractivity contribution in [2.75, 3.05) is 11.8 Å². The van der Waals surface area contributed by atoms with Crippen molar-refractivity contribution in [2.45, 2.75) is 11.4 Å². The third-order valence-electron chi connectivity index (χ3n) is 2.70. The van der Waals surface area contributed by atoms with Gasteiger partial charge < -0.3 is 5.32 Å². The average molecular weight is 346 g/mol. The van der Waals surface area contributed by atoms with Crippen LogP contribution in [0.5, 0.6) is 0 Å². The number of sulfonamides is 1. The zero-order valence-corrected chi connectivity index (χ0v) is 13.4. The van der Waals surface area contributed by atoms with Crippen LogP contribution in [-0.2, 0) is 16.6 Å². The number of nitrogens with one attached hydrogen (secondary N) is 2.